The zero-order valence-electron chi connectivity index (χ0n) is 27.4. The Labute approximate surface area is 286 Å². The van der Waals surface area contributed by atoms with E-state index in [0.29, 0.717) is 36.1 Å². The topological polar surface area (TPSA) is 211 Å². The summed E-state index contributed by atoms with van der Waals surface area (Å²) >= 11 is 0. The van der Waals surface area contributed by atoms with E-state index in [9.17, 15) is 30.0 Å². The lowest BCUT2D eigenvalue weighted by molar-refractivity contribution is -0.848. The summed E-state index contributed by atoms with van der Waals surface area (Å²) in [6.07, 6.45) is -5.33. The molecule has 1 fully saturated rings. The molecule has 0 radical (unpaired) electrons. The second-order valence-corrected chi connectivity index (χ2v) is 12.5. The number of likely N-dealkylation sites (N-methyl/N-ethyl adjacent to an activating group) is 1. The highest BCUT2D eigenvalue weighted by molar-refractivity contribution is 6.06. The number of nitrogens with zero attached hydrogens (tertiary/aromatic N) is 1. The maximum absolute atomic E-state index is 12.1. The summed E-state index contributed by atoms with van der Waals surface area (Å²) < 4.78 is 41.3. The lowest BCUT2D eigenvalue weighted by Gasteiger charge is -2.42. The molecule has 50 heavy (non-hydrogen) atoms. The number of hydrogen-bond donors (Lipinski definition) is 5. The molecule has 16 heteroatoms. The number of aliphatic hydroxyl groups excluding tert-OH is 3. The van der Waals surface area contributed by atoms with Crippen LogP contribution in [0, 0.1) is 0 Å². The van der Waals surface area contributed by atoms with Gasteiger partial charge in [-0.2, -0.15) is 0 Å². The molecule has 266 valence electrons. The van der Waals surface area contributed by atoms with Gasteiger partial charge in [0, 0.05) is 29.0 Å². The van der Waals surface area contributed by atoms with Crippen LogP contribution in [0.15, 0.2) is 53.3 Å². The summed E-state index contributed by atoms with van der Waals surface area (Å²) in [6.45, 7) is 1.42. The fourth-order valence-electron chi connectivity index (χ4n) is 7.08. The number of hydrogen-bond acceptors (Lipinski definition) is 15. The first-order valence-electron chi connectivity index (χ1n) is 16.0. The van der Waals surface area contributed by atoms with Crippen molar-refractivity contribution in [1.82, 2.24) is 5.32 Å². The number of allylic oxidation sites excluding steroid dienone is 1. The van der Waals surface area contributed by atoms with Crippen molar-refractivity contribution in [3.63, 3.8) is 0 Å². The standard InChI is InChI=1S/C34H37N3O13/c1-35-33(48-24(40)10-23(38)39)32-27(42)26(41)28(43)34(50-32)47-17-8-16(12-37-11-15-6-7-36-20(15)13-37)25-22(9-17)46-14-19-18-4-5-21(44-2)31(45-3)30(18)49-29(19)25/h4-9,11,19,26-29,32-35,41-43H,10,12-14H2,1-3H3,(H,38,39). The van der Waals surface area contributed by atoms with Crippen molar-refractivity contribution in [3.8, 4) is 28.7 Å². The van der Waals surface area contributed by atoms with Crippen LogP contribution < -0.4 is 39.0 Å². The van der Waals surface area contributed by atoms with Crippen LogP contribution in [0.3, 0.4) is 0 Å². The number of carboxylic acids is 1. The number of esters is 1. The van der Waals surface area contributed by atoms with E-state index in [1.54, 1.807) is 32.6 Å². The van der Waals surface area contributed by atoms with E-state index in [1.807, 2.05) is 18.2 Å². The molecule has 5 aliphatic rings. The van der Waals surface area contributed by atoms with Gasteiger partial charge in [0.2, 0.25) is 12.0 Å². The summed E-state index contributed by atoms with van der Waals surface area (Å²) in [7, 11) is 4.49. The van der Waals surface area contributed by atoms with E-state index < -0.39 is 61.4 Å². The van der Waals surface area contributed by atoms with E-state index in [0.717, 1.165) is 32.9 Å². The first-order chi connectivity index (χ1) is 24.1. The first kappa shape index (κ1) is 33.8. The van der Waals surface area contributed by atoms with Crippen LogP contribution in [-0.4, -0.2) is 104 Å². The van der Waals surface area contributed by atoms with E-state index in [-0.39, 0.29) is 18.3 Å². The minimum Gasteiger partial charge on any atom is -0.550 e. The van der Waals surface area contributed by atoms with Crippen molar-refractivity contribution < 1.29 is 68.1 Å². The average molecular weight is 696 g/mol. The van der Waals surface area contributed by atoms with Gasteiger partial charge in [0.05, 0.1) is 44.7 Å². The summed E-state index contributed by atoms with van der Waals surface area (Å²) in [5, 5.41) is 45.9. The fraction of sp³-hybridized carbons (Fsp3) is 0.441. The highest BCUT2D eigenvalue weighted by atomic mass is 16.7. The quantitative estimate of drug-likeness (QED) is 0.0977. The molecule has 0 aliphatic carbocycles. The number of rotatable bonds is 11. The van der Waals surface area contributed by atoms with Gasteiger partial charge in [0.15, 0.2) is 17.7 Å². The van der Waals surface area contributed by atoms with Gasteiger partial charge in [-0.1, -0.05) is 6.07 Å². The zero-order valence-corrected chi connectivity index (χ0v) is 27.4. The van der Waals surface area contributed by atoms with Crippen LogP contribution in [0.1, 0.15) is 35.1 Å². The van der Waals surface area contributed by atoms with Crippen molar-refractivity contribution in [2.75, 3.05) is 34.4 Å². The molecule has 5 aliphatic heterocycles. The number of carbonyl (C=O) groups excluding carboxylic acids is 2. The van der Waals surface area contributed by atoms with Gasteiger partial charge in [0.25, 0.3) is 0 Å². The van der Waals surface area contributed by atoms with Gasteiger partial charge >= 0.3 is 5.97 Å². The average Bonchev–Trinajstić information content (AvgIpc) is 3.80. The van der Waals surface area contributed by atoms with Crippen LogP contribution in [0.5, 0.6) is 28.7 Å². The smallest absolute Gasteiger partial charge is 0.313 e. The number of benzene rings is 2. The maximum atomic E-state index is 12.1. The third kappa shape index (κ3) is 6.03. The van der Waals surface area contributed by atoms with Crippen molar-refractivity contribution in [2.24, 2.45) is 4.99 Å². The molecular formula is C34H37N3O13. The number of quaternary nitrogens is 1. The predicted molar refractivity (Wildman–Crippen MR) is 168 cm³/mol. The monoisotopic (exact) mass is 695 g/mol. The third-order valence-electron chi connectivity index (χ3n) is 9.42. The molecule has 5 N–H and O–H groups in total. The highest BCUT2D eigenvalue weighted by Crippen LogP contribution is 2.57. The third-order valence-corrected chi connectivity index (χ3v) is 9.42. The largest absolute Gasteiger partial charge is 0.550 e. The lowest BCUT2D eigenvalue weighted by Crippen LogP contribution is -3.05. The molecule has 2 aromatic rings. The molecule has 1 saturated heterocycles. The first-order valence-corrected chi connectivity index (χ1v) is 16.0. The van der Waals surface area contributed by atoms with Crippen LogP contribution in [0.4, 0.5) is 0 Å². The van der Waals surface area contributed by atoms with Crippen molar-refractivity contribution >= 4 is 17.7 Å². The van der Waals surface area contributed by atoms with Gasteiger partial charge in [-0.3, -0.25) is 20.0 Å². The van der Waals surface area contributed by atoms with Crippen LogP contribution in [0.2, 0.25) is 0 Å². The molecular weight excluding hydrogens is 658 g/mol. The van der Waals surface area contributed by atoms with Crippen molar-refractivity contribution in [1.29, 1.82) is 0 Å². The van der Waals surface area contributed by atoms with Crippen LogP contribution >= 0.6 is 0 Å². The second kappa shape index (κ2) is 13.5. The molecule has 16 nitrogen and oxygen atoms in total. The number of nitrogens with one attached hydrogen (secondary N) is 2. The van der Waals surface area contributed by atoms with Gasteiger partial charge in [-0.05, 0) is 25.3 Å². The molecule has 5 heterocycles. The van der Waals surface area contributed by atoms with Gasteiger partial charge in [0.1, 0.15) is 67.0 Å². The molecule has 0 saturated carbocycles. The second-order valence-electron chi connectivity index (χ2n) is 12.5. The molecule has 0 bridgehead atoms. The number of carboxylic acid groups (broad SMARTS) is 1. The molecule has 0 amide bonds. The Morgan fingerprint density at radius 2 is 1.96 bits per heavy atom. The Hall–Kier alpha value is -4.71. The lowest BCUT2D eigenvalue weighted by atomic mass is 9.86. The number of fused-ring (bicyclic) bond motifs is 6. The van der Waals surface area contributed by atoms with E-state index >= 15 is 0 Å². The number of ether oxygens (including phenoxy) is 7. The number of aliphatic hydroxyl groups is 3. The van der Waals surface area contributed by atoms with E-state index in [4.69, 9.17) is 33.2 Å². The normalized spacial score (nSPS) is 29.2. The Kier molecular flexibility index (Phi) is 9.15. The molecule has 0 aromatic heterocycles. The number of carbonyl (C=O) groups is 2. The zero-order chi connectivity index (χ0) is 35.3. The Morgan fingerprint density at radius 1 is 1.14 bits per heavy atom. The highest BCUT2D eigenvalue weighted by Gasteiger charge is 2.50. The number of aliphatic imine (C=N–C) groups is 1. The molecule has 2 aromatic carbocycles. The minimum atomic E-state index is -1.78. The Balaban J connectivity index is 1.20. The number of aliphatic carboxylic acids is 1. The summed E-state index contributed by atoms with van der Waals surface area (Å²) in [4.78, 5) is 28.5. The van der Waals surface area contributed by atoms with E-state index in [1.165, 1.54) is 7.05 Å². The summed E-state index contributed by atoms with van der Waals surface area (Å²) in [6, 6.07) is 7.20. The van der Waals surface area contributed by atoms with E-state index in [2.05, 4.69) is 16.5 Å². The van der Waals surface area contributed by atoms with Gasteiger partial charge in [-0.15, -0.1) is 0 Å². The Morgan fingerprint density at radius 3 is 2.68 bits per heavy atom. The fourth-order valence-corrected chi connectivity index (χ4v) is 7.08. The minimum absolute atomic E-state index is 0.152. The van der Waals surface area contributed by atoms with Gasteiger partial charge in [-0.25, -0.2) is 0 Å². The maximum Gasteiger partial charge on any atom is 0.313 e. The predicted octanol–water partition coefficient (Wildman–Crippen LogP) is -2.02. The summed E-state index contributed by atoms with van der Waals surface area (Å²) in [5.41, 5.74) is 4.57. The molecule has 9 unspecified atom stereocenters. The van der Waals surface area contributed by atoms with Gasteiger partial charge < -0.3 is 58.4 Å². The van der Waals surface area contributed by atoms with Crippen molar-refractivity contribution in [3.05, 3.63) is 65.0 Å². The van der Waals surface area contributed by atoms with Crippen LogP contribution in [0.25, 0.3) is 0 Å². The summed E-state index contributed by atoms with van der Waals surface area (Å²) in [5.74, 6) is -0.677. The van der Waals surface area contributed by atoms with Crippen molar-refractivity contribution in [2.45, 2.75) is 61.9 Å². The SMILES string of the molecule is CNC(OC(=O)CC(=O)[O-])C1OC(Oc2cc(C[NH+]3C=C4C=CN=C4C3)c3c(c2)OCC2c4ccc(OC)c(OC)c4OC32)C(O)C(O)C1O. The molecule has 9 atom stereocenters. The van der Waals surface area contributed by atoms with Crippen LogP contribution in [-0.2, 0) is 25.6 Å². The molecule has 0 spiro atoms. The Bertz CT molecular complexity index is 1780. The number of methoxy groups -OCH3 is 2. The molecule has 7 rings (SSSR count).